The molecule has 3 nitrogen and oxygen atoms in total. The summed E-state index contributed by atoms with van der Waals surface area (Å²) in [6.07, 6.45) is 2.77. The van der Waals surface area contributed by atoms with Gasteiger partial charge in [-0.1, -0.05) is 19.9 Å². The summed E-state index contributed by atoms with van der Waals surface area (Å²) in [7, 11) is 0. The molecule has 0 heterocycles. The molecule has 0 aliphatic rings. The first-order valence-electron chi connectivity index (χ1n) is 7.80. The van der Waals surface area contributed by atoms with Crippen molar-refractivity contribution >= 4 is 5.97 Å². The van der Waals surface area contributed by atoms with Crippen molar-refractivity contribution in [3.8, 4) is 5.75 Å². The molecule has 0 radical (unpaired) electrons. The van der Waals surface area contributed by atoms with E-state index in [1.54, 1.807) is 0 Å². The topological polar surface area (TPSA) is 46.5 Å². The number of carboxylic acids is 1. The number of carboxylic acid groups (broad SMARTS) is 1. The Kier molecular flexibility index (Phi) is 6.25. The van der Waals surface area contributed by atoms with Crippen LogP contribution in [-0.2, 0) is 4.79 Å². The van der Waals surface area contributed by atoms with E-state index in [1.807, 2.05) is 20.8 Å². The molecule has 0 spiro atoms. The summed E-state index contributed by atoms with van der Waals surface area (Å²) in [4.78, 5) is 11.4. The second-order valence-corrected chi connectivity index (χ2v) is 5.95. The first-order valence-corrected chi connectivity index (χ1v) is 7.80. The Morgan fingerprint density at radius 3 is 2.19 bits per heavy atom. The molecule has 3 heteroatoms. The van der Waals surface area contributed by atoms with Crippen LogP contribution in [-0.4, -0.2) is 17.7 Å². The van der Waals surface area contributed by atoms with Crippen molar-refractivity contribution in [3.05, 3.63) is 28.8 Å². The Balaban J connectivity index is 2.58. The normalized spacial score (nSPS) is 11.5. The van der Waals surface area contributed by atoms with Gasteiger partial charge in [-0.2, -0.15) is 0 Å². The van der Waals surface area contributed by atoms with E-state index in [2.05, 4.69) is 26.0 Å². The smallest absolute Gasteiger partial charge is 0.309 e. The number of rotatable bonds is 8. The van der Waals surface area contributed by atoms with Crippen molar-refractivity contribution in [2.45, 2.75) is 60.3 Å². The maximum Gasteiger partial charge on any atom is 0.309 e. The molecule has 1 rings (SSSR count). The molecule has 0 bridgehead atoms. The van der Waals surface area contributed by atoms with Gasteiger partial charge in [0.05, 0.1) is 12.0 Å². The van der Waals surface area contributed by atoms with Gasteiger partial charge in [0.1, 0.15) is 5.75 Å². The van der Waals surface area contributed by atoms with Crippen molar-refractivity contribution in [2.75, 3.05) is 6.61 Å². The molecule has 1 aromatic rings. The highest BCUT2D eigenvalue weighted by Crippen LogP contribution is 2.32. The molecule has 0 aliphatic carbocycles. The second-order valence-electron chi connectivity index (χ2n) is 5.95. The minimum absolute atomic E-state index is 0.568. The van der Waals surface area contributed by atoms with Crippen LogP contribution in [0.2, 0.25) is 0 Å². The van der Waals surface area contributed by atoms with Gasteiger partial charge in [-0.05, 0) is 69.2 Å². The van der Waals surface area contributed by atoms with Gasteiger partial charge in [0, 0.05) is 0 Å². The highest BCUT2D eigenvalue weighted by atomic mass is 16.5. The first-order chi connectivity index (χ1) is 9.86. The van der Waals surface area contributed by atoms with Crippen molar-refractivity contribution < 1.29 is 14.6 Å². The minimum Gasteiger partial charge on any atom is -0.493 e. The first kappa shape index (κ1) is 17.5. The summed E-state index contributed by atoms with van der Waals surface area (Å²) in [5.41, 5.74) is 3.02. The van der Waals surface area contributed by atoms with Crippen LogP contribution in [0, 0.1) is 26.2 Å². The molecule has 0 amide bonds. The van der Waals surface area contributed by atoms with Crippen molar-refractivity contribution in [1.29, 1.82) is 0 Å². The van der Waals surface area contributed by atoms with Crippen LogP contribution in [0.5, 0.6) is 5.75 Å². The summed E-state index contributed by atoms with van der Waals surface area (Å²) < 4.78 is 5.84. The Hall–Kier alpha value is -1.51. The largest absolute Gasteiger partial charge is 0.493 e. The number of ether oxygens (including phenoxy) is 1. The maximum atomic E-state index is 11.4. The fraction of sp³-hybridized carbons (Fsp3) is 0.611. The Morgan fingerprint density at radius 2 is 1.67 bits per heavy atom. The van der Waals surface area contributed by atoms with E-state index in [4.69, 9.17) is 4.74 Å². The van der Waals surface area contributed by atoms with Gasteiger partial charge in [0.25, 0.3) is 0 Å². The standard InChI is InChI=1S/C18H28O3/c1-6-18(7-2,17(19)20)9-8-10-21-16-12-14(4)13(3)11-15(16)5/h11-12H,6-10H2,1-5H3,(H,19,20). The Morgan fingerprint density at radius 1 is 1.10 bits per heavy atom. The maximum absolute atomic E-state index is 11.4. The number of carbonyl (C=O) groups is 1. The molecule has 0 fully saturated rings. The Labute approximate surface area is 128 Å². The molecule has 1 aromatic carbocycles. The predicted molar refractivity (Wildman–Crippen MR) is 86.0 cm³/mol. The van der Waals surface area contributed by atoms with E-state index in [0.29, 0.717) is 25.9 Å². The van der Waals surface area contributed by atoms with Crippen molar-refractivity contribution in [3.63, 3.8) is 0 Å². The summed E-state index contributed by atoms with van der Waals surface area (Å²) >= 11 is 0. The predicted octanol–water partition coefficient (Wildman–Crippen LogP) is 4.66. The number of aliphatic carboxylic acids is 1. The number of aryl methyl sites for hydroxylation is 3. The van der Waals surface area contributed by atoms with Crippen LogP contribution in [0.4, 0.5) is 0 Å². The van der Waals surface area contributed by atoms with E-state index in [-0.39, 0.29) is 0 Å². The van der Waals surface area contributed by atoms with Crippen LogP contribution in [0.25, 0.3) is 0 Å². The number of benzene rings is 1. The van der Waals surface area contributed by atoms with Gasteiger partial charge in [-0.25, -0.2) is 0 Å². The number of hydrogen-bond donors (Lipinski definition) is 1. The molecular weight excluding hydrogens is 264 g/mol. The van der Waals surface area contributed by atoms with E-state index >= 15 is 0 Å². The number of hydrogen-bond acceptors (Lipinski definition) is 2. The van der Waals surface area contributed by atoms with E-state index < -0.39 is 11.4 Å². The summed E-state index contributed by atoms with van der Waals surface area (Å²) in [5.74, 6) is 0.224. The Bertz CT molecular complexity index is 487. The van der Waals surface area contributed by atoms with Gasteiger partial charge >= 0.3 is 5.97 Å². The van der Waals surface area contributed by atoms with Gasteiger partial charge in [-0.15, -0.1) is 0 Å². The molecule has 0 unspecified atom stereocenters. The average molecular weight is 292 g/mol. The summed E-state index contributed by atoms with van der Waals surface area (Å²) in [5, 5.41) is 9.41. The molecule has 21 heavy (non-hydrogen) atoms. The third-order valence-electron chi connectivity index (χ3n) is 4.66. The molecule has 0 aromatic heterocycles. The molecule has 0 saturated heterocycles. The van der Waals surface area contributed by atoms with Crippen molar-refractivity contribution in [2.24, 2.45) is 5.41 Å². The van der Waals surface area contributed by atoms with Crippen molar-refractivity contribution in [1.82, 2.24) is 0 Å². The molecule has 0 saturated carbocycles. The lowest BCUT2D eigenvalue weighted by molar-refractivity contribution is -0.150. The van der Waals surface area contributed by atoms with Crippen LogP contribution in [0.3, 0.4) is 0 Å². The monoisotopic (exact) mass is 292 g/mol. The minimum atomic E-state index is -0.685. The van der Waals surface area contributed by atoms with Gasteiger partial charge in [0.15, 0.2) is 0 Å². The van der Waals surface area contributed by atoms with E-state index in [1.165, 1.54) is 11.1 Å². The second kappa shape index (κ2) is 7.48. The zero-order chi connectivity index (χ0) is 16.0. The van der Waals surface area contributed by atoms with Crippen LogP contribution in [0.15, 0.2) is 12.1 Å². The van der Waals surface area contributed by atoms with Gasteiger partial charge < -0.3 is 9.84 Å². The molecule has 0 atom stereocenters. The average Bonchev–Trinajstić information content (AvgIpc) is 2.44. The lowest BCUT2D eigenvalue weighted by Crippen LogP contribution is -2.30. The third kappa shape index (κ3) is 4.23. The third-order valence-corrected chi connectivity index (χ3v) is 4.66. The summed E-state index contributed by atoms with van der Waals surface area (Å²) in [6, 6.07) is 4.19. The fourth-order valence-electron chi connectivity index (χ4n) is 2.70. The zero-order valence-corrected chi connectivity index (χ0v) is 14.0. The molecule has 0 aliphatic heterocycles. The van der Waals surface area contributed by atoms with Gasteiger partial charge in [0.2, 0.25) is 0 Å². The van der Waals surface area contributed by atoms with Gasteiger partial charge in [-0.3, -0.25) is 4.79 Å². The fourth-order valence-corrected chi connectivity index (χ4v) is 2.70. The molecule has 1 N–H and O–H groups in total. The quantitative estimate of drug-likeness (QED) is 0.709. The lowest BCUT2D eigenvalue weighted by atomic mass is 9.78. The van der Waals surface area contributed by atoms with E-state index in [9.17, 15) is 9.90 Å². The zero-order valence-electron chi connectivity index (χ0n) is 14.0. The lowest BCUT2D eigenvalue weighted by Gasteiger charge is -2.26. The summed E-state index contributed by atoms with van der Waals surface area (Å²) in [6.45, 7) is 10.7. The highest BCUT2D eigenvalue weighted by molar-refractivity contribution is 5.74. The van der Waals surface area contributed by atoms with E-state index in [0.717, 1.165) is 17.7 Å². The molecular formula is C18H28O3. The SMILES string of the molecule is CCC(CC)(CCCOc1cc(C)c(C)cc1C)C(=O)O. The van der Waals surface area contributed by atoms with Crippen LogP contribution in [0.1, 0.15) is 56.2 Å². The highest BCUT2D eigenvalue weighted by Gasteiger charge is 2.33. The van der Waals surface area contributed by atoms with Crippen LogP contribution < -0.4 is 4.74 Å². The molecule has 118 valence electrons. The van der Waals surface area contributed by atoms with Crippen LogP contribution >= 0.6 is 0 Å².